The summed E-state index contributed by atoms with van der Waals surface area (Å²) < 4.78 is 0. The van der Waals surface area contributed by atoms with E-state index in [1.807, 2.05) is 19.2 Å². The van der Waals surface area contributed by atoms with Crippen molar-refractivity contribution in [2.45, 2.75) is 6.42 Å². The third kappa shape index (κ3) is 3.70. The van der Waals surface area contributed by atoms with Crippen LogP contribution in [0, 0.1) is 0 Å². The molecule has 0 N–H and O–H groups in total. The average Bonchev–Trinajstić information content (AvgIpc) is 2.16. The predicted octanol–water partition coefficient (Wildman–Crippen LogP) is 3.36. The Bertz CT molecular complexity index is 304. The molecule has 1 rings (SSSR count). The second kappa shape index (κ2) is 5.86. The number of rotatable bonds is 4. The van der Waals surface area contributed by atoms with E-state index in [9.17, 15) is 0 Å². The molecule has 0 aliphatic heterocycles. The van der Waals surface area contributed by atoms with Crippen molar-refractivity contribution in [3.63, 3.8) is 0 Å². The van der Waals surface area contributed by atoms with Gasteiger partial charge in [0.05, 0.1) is 0 Å². The summed E-state index contributed by atoms with van der Waals surface area (Å²) in [5.41, 5.74) is 1.13. The zero-order valence-corrected chi connectivity index (χ0v) is 10.4. The van der Waals surface area contributed by atoms with Gasteiger partial charge in [-0.2, -0.15) is 12.6 Å². The Morgan fingerprint density at radius 2 is 2.07 bits per heavy atom. The van der Waals surface area contributed by atoms with Crippen molar-refractivity contribution in [2.24, 2.45) is 0 Å². The topological polar surface area (TPSA) is 3.24 Å². The van der Waals surface area contributed by atoms with Gasteiger partial charge in [-0.15, -0.1) is 0 Å². The van der Waals surface area contributed by atoms with Gasteiger partial charge in [-0.05, 0) is 31.2 Å². The molecule has 1 aromatic rings. The van der Waals surface area contributed by atoms with Crippen LogP contribution < -0.4 is 0 Å². The zero-order valence-electron chi connectivity index (χ0n) is 8.00. The normalized spacial score (nSPS) is 10.9. The van der Waals surface area contributed by atoms with Gasteiger partial charge in [0.25, 0.3) is 0 Å². The number of nitrogens with zero attached hydrogens (tertiary/aromatic N) is 1. The van der Waals surface area contributed by atoms with E-state index in [-0.39, 0.29) is 0 Å². The van der Waals surface area contributed by atoms with E-state index in [1.54, 1.807) is 6.07 Å². The van der Waals surface area contributed by atoms with Crippen LogP contribution in [-0.2, 0) is 6.42 Å². The van der Waals surface area contributed by atoms with Crippen molar-refractivity contribution in [1.29, 1.82) is 0 Å². The molecular formula is C10H13Cl2NS. The highest BCUT2D eigenvalue weighted by Gasteiger charge is 2.02. The van der Waals surface area contributed by atoms with Gasteiger partial charge in [-0.3, -0.25) is 4.90 Å². The number of hydrogen-bond acceptors (Lipinski definition) is 2. The second-order valence-electron chi connectivity index (χ2n) is 3.21. The molecule has 0 aromatic heterocycles. The summed E-state index contributed by atoms with van der Waals surface area (Å²) in [6.07, 6.45) is 0.924. The van der Waals surface area contributed by atoms with Gasteiger partial charge in [0, 0.05) is 22.5 Å². The Labute approximate surface area is 100 Å². The zero-order chi connectivity index (χ0) is 10.6. The third-order valence-electron chi connectivity index (χ3n) is 2.02. The van der Waals surface area contributed by atoms with E-state index < -0.39 is 0 Å². The molecule has 14 heavy (non-hydrogen) atoms. The maximum atomic E-state index is 6.03. The molecule has 0 saturated carbocycles. The van der Waals surface area contributed by atoms with Crippen LogP contribution in [0.4, 0.5) is 0 Å². The summed E-state index contributed by atoms with van der Waals surface area (Å²) in [4.78, 5) is 2.12. The summed E-state index contributed by atoms with van der Waals surface area (Å²) in [6, 6.07) is 5.61. The number of benzene rings is 1. The number of hydrogen-bond donors (Lipinski definition) is 1. The number of likely N-dealkylation sites (N-methyl/N-ethyl adjacent to an activating group) is 1. The number of halogens is 2. The Morgan fingerprint density at radius 1 is 1.36 bits per heavy atom. The Hall–Kier alpha value is 0.110. The summed E-state index contributed by atoms with van der Waals surface area (Å²) in [7, 11) is 2.02. The maximum Gasteiger partial charge on any atom is 0.0453 e. The molecule has 1 nitrogen and oxygen atoms in total. The molecule has 1 aromatic carbocycles. The lowest BCUT2D eigenvalue weighted by molar-refractivity contribution is 0.399. The highest BCUT2D eigenvalue weighted by Crippen LogP contribution is 2.21. The highest BCUT2D eigenvalue weighted by atomic mass is 35.5. The lowest BCUT2D eigenvalue weighted by Crippen LogP contribution is -2.19. The fraction of sp³-hybridized carbons (Fsp3) is 0.400. The second-order valence-corrected chi connectivity index (χ2v) is 4.33. The summed E-state index contributed by atoms with van der Waals surface area (Å²) in [5, 5.41) is 1.42. The van der Waals surface area contributed by atoms with E-state index in [4.69, 9.17) is 23.2 Å². The summed E-state index contributed by atoms with van der Waals surface area (Å²) in [6.45, 7) is 0.949. The minimum Gasteiger partial charge on any atom is -0.297 e. The first-order chi connectivity index (χ1) is 6.63. The number of thiol groups is 1. The lowest BCUT2D eigenvalue weighted by atomic mass is 10.1. The molecule has 0 fully saturated rings. The van der Waals surface area contributed by atoms with Gasteiger partial charge in [0.2, 0.25) is 0 Å². The minimum atomic E-state index is 0.682. The van der Waals surface area contributed by atoms with Crippen LogP contribution in [0.5, 0.6) is 0 Å². The molecule has 0 aliphatic carbocycles. The Balaban J connectivity index is 2.59. The largest absolute Gasteiger partial charge is 0.297 e. The van der Waals surface area contributed by atoms with Crippen molar-refractivity contribution >= 4 is 35.8 Å². The highest BCUT2D eigenvalue weighted by molar-refractivity contribution is 7.80. The Morgan fingerprint density at radius 3 is 2.64 bits per heavy atom. The smallest absolute Gasteiger partial charge is 0.0453 e. The van der Waals surface area contributed by atoms with Crippen LogP contribution in [0.3, 0.4) is 0 Å². The van der Waals surface area contributed by atoms with Crippen LogP contribution in [-0.4, -0.2) is 24.4 Å². The lowest BCUT2D eigenvalue weighted by Gasteiger charge is -2.13. The molecule has 0 atom stereocenters. The van der Waals surface area contributed by atoms with E-state index in [1.165, 1.54) is 0 Å². The average molecular weight is 250 g/mol. The van der Waals surface area contributed by atoms with Gasteiger partial charge >= 0.3 is 0 Å². The van der Waals surface area contributed by atoms with Gasteiger partial charge in [0.1, 0.15) is 0 Å². The van der Waals surface area contributed by atoms with Gasteiger partial charge in [0.15, 0.2) is 0 Å². The van der Waals surface area contributed by atoms with Crippen LogP contribution in [0.2, 0.25) is 10.0 Å². The van der Waals surface area contributed by atoms with Crippen LogP contribution >= 0.6 is 35.8 Å². The first-order valence-electron chi connectivity index (χ1n) is 4.37. The van der Waals surface area contributed by atoms with Crippen molar-refractivity contribution < 1.29 is 0 Å². The molecule has 0 saturated heterocycles. The van der Waals surface area contributed by atoms with E-state index in [0.29, 0.717) is 5.02 Å². The summed E-state index contributed by atoms with van der Waals surface area (Å²) >= 11 is 16.0. The van der Waals surface area contributed by atoms with Gasteiger partial charge < -0.3 is 0 Å². The van der Waals surface area contributed by atoms with E-state index in [2.05, 4.69) is 17.5 Å². The van der Waals surface area contributed by atoms with Crippen LogP contribution in [0.15, 0.2) is 18.2 Å². The summed E-state index contributed by atoms with van der Waals surface area (Å²) in [5.74, 6) is 0.755. The molecule has 0 heterocycles. The molecule has 0 unspecified atom stereocenters. The van der Waals surface area contributed by atoms with Gasteiger partial charge in [-0.1, -0.05) is 29.3 Å². The monoisotopic (exact) mass is 249 g/mol. The molecule has 0 spiro atoms. The molecule has 4 heteroatoms. The standard InChI is InChI=1S/C10H13Cl2NS/c1-13(7-14)5-4-8-2-3-9(11)6-10(8)12/h2-3,6,14H,4-5,7H2,1H3. The third-order valence-corrected chi connectivity index (χ3v) is 3.09. The first-order valence-corrected chi connectivity index (χ1v) is 5.75. The van der Waals surface area contributed by atoms with E-state index in [0.717, 1.165) is 29.4 Å². The van der Waals surface area contributed by atoms with Crippen molar-refractivity contribution in [2.75, 3.05) is 19.5 Å². The molecule has 0 aliphatic rings. The fourth-order valence-electron chi connectivity index (χ4n) is 1.11. The van der Waals surface area contributed by atoms with Crippen molar-refractivity contribution in [3.8, 4) is 0 Å². The minimum absolute atomic E-state index is 0.682. The SMILES string of the molecule is CN(CS)CCc1ccc(Cl)cc1Cl. The van der Waals surface area contributed by atoms with Crippen LogP contribution in [0.1, 0.15) is 5.56 Å². The van der Waals surface area contributed by atoms with Crippen molar-refractivity contribution in [3.05, 3.63) is 33.8 Å². The quantitative estimate of drug-likeness (QED) is 0.633. The van der Waals surface area contributed by atoms with Crippen molar-refractivity contribution in [1.82, 2.24) is 4.90 Å². The Kier molecular flexibility index (Phi) is 5.10. The first kappa shape index (κ1) is 12.2. The fourth-order valence-corrected chi connectivity index (χ4v) is 1.75. The van der Waals surface area contributed by atoms with E-state index >= 15 is 0 Å². The molecule has 0 radical (unpaired) electrons. The molecule has 0 bridgehead atoms. The molecule has 0 amide bonds. The van der Waals surface area contributed by atoms with Gasteiger partial charge in [-0.25, -0.2) is 0 Å². The predicted molar refractivity (Wildman–Crippen MR) is 66.6 cm³/mol. The maximum absolute atomic E-state index is 6.03. The van der Waals surface area contributed by atoms with Crippen LogP contribution in [0.25, 0.3) is 0 Å². The molecular weight excluding hydrogens is 237 g/mol. The molecule has 78 valence electrons.